The fourth-order valence-corrected chi connectivity index (χ4v) is 2.00. The van der Waals surface area contributed by atoms with Crippen LogP contribution in [0.3, 0.4) is 0 Å². The molecule has 16 heavy (non-hydrogen) atoms. The van der Waals surface area contributed by atoms with Gasteiger partial charge in [-0.05, 0) is 51.3 Å². The van der Waals surface area contributed by atoms with E-state index in [2.05, 4.69) is 25.2 Å². The van der Waals surface area contributed by atoms with Gasteiger partial charge in [0.1, 0.15) is 6.10 Å². The maximum Gasteiger partial charge on any atom is 0.216 e. The van der Waals surface area contributed by atoms with Gasteiger partial charge in [0.2, 0.25) is 5.88 Å². The third kappa shape index (κ3) is 3.51. The van der Waals surface area contributed by atoms with Crippen molar-refractivity contribution in [1.82, 2.24) is 0 Å². The van der Waals surface area contributed by atoms with E-state index in [9.17, 15) is 0 Å². The molecule has 0 aromatic heterocycles. The number of hydrogen-bond donors (Lipinski definition) is 0. The largest absolute Gasteiger partial charge is 0.474 e. The number of aliphatic imine (C=N–C) groups is 1. The minimum Gasteiger partial charge on any atom is -0.474 e. The first-order valence-corrected chi connectivity index (χ1v) is 6.21. The Balaban J connectivity index is 2.66. The van der Waals surface area contributed by atoms with Crippen molar-refractivity contribution in [1.29, 1.82) is 0 Å². The topological polar surface area (TPSA) is 21.6 Å². The lowest BCUT2D eigenvalue weighted by molar-refractivity contribution is 0.0799. The summed E-state index contributed by atoms with van der Waals surface area (Å²) >= 11 is 0. The molecular weight excluding hydrogens is 198 g/mol. The van der Waals surface area contributed by atoms with Gasteiger partial charge in [-0.2, -0.15) is 0 Å². The summed E-state index contributed by atoms with van der Waals surface area (Å²) in [6.07, 6.45) is 7.41. The Hall–Kier alpha value is -1.05. The lowest BCUT2D eigenvalue weighted by atomic mass is 9.98. The Labute approximate surface area is 99.1 Å². The van der Waals surface area contributed by atoms with Crippen molar-refractivity contribution in [2.45, 2.75) is 58.5 Å². The van der Waals surface area contributed by atoms with Gasteiger partial charge in [-0.1, -0.05) is 19.9 Å². The van der Waals surface area contributed by atoms with E-state index in [0.717, 1.165) is 30.4 Å². The van der Waals surface area contributed by atoms with Crippen LogP contribution in [0.1, 0.15) is 52.4 Å². The first-order valence-electron chi connectivity index (χ1n) is 6.21. The zero-order valence-corrected chi connectivity index (χ0v) is 10.6. The third-order valence-electron chi connectivity index (χ3n) is 3.25. The summed E-state index contributed by atoms with van der Waals surface area (Å²) in [6, 6.07) is 0. The molecule has 0 radical (unpaired) electrons. The van der Waals surface area contributed by atoms with E-state index in [1.807, 2.05) is 6.92 Å². The molecule has 1 aliphatic rings. The van der Waals surface area contributed by atoms with Crippen molar-refractivity contribution in [3.05, 3.63) is 23.6 Å². The predicted molar refractivity (Wildman–Crippen MR) is 69.6 cm³/mol. The summed E-state index contributed by atoms with van der Waals surface area (Å²) in [6.45, 7) is 11.7. The van der Waals surface area contributed by atoms with E-state index in [4.69, 9.17) is 4.74 Å². The number of hydrogen-bond acceptors (Lipinski definition) is 2. The van der Waals surface area contributed by atoms with Crippen molar-refractivity contribution >= 4 is 6.72 Å². The fourth-order valence-electron chi connectivity index (χ4n) is 2.00. The number of ether oxygens (including phenoxy) is 1. The van der Waals surface area contributed by atoms with Gasteiger partial charge in [-0.15, -0.1) is 0 Å². The van der Waals surface area contributed by atoms with E-state index < -0.39 is 0 Å². The van der Waals surface area contributed by atoms with Crippen LogP contribution in [-0.4, -0.2) is 12.8 Å². The maximum atomic E-state index is 5.91. The quantitative estimate of drug-likeness (QED) is 0.386. The predicted octanol–water partition coefficient (Wildman–Crippen LogP) is 4.23. The smallest absolute Gasteiger partial charge is 0.216 e. The van der Waals surface area contributed by atoms with E-state index in [1.165, 1.54) is 19.3 Å². The van der Waals surface area contributed by atoms with Crippen LogP contribution in [0.15, 0.2) is 28.6 Å². The molecule has 0 unspecified atom stereocenters. The van der Waals surface area contributed by atoms with E-state index in [0.29, 0.717) is 12.0 Å². The molecule has 1 saturated carbocycles. The van der Waals surface area contributed by atoms with Crippen LogP contribution in [0, 0.1) is 0 Å². The Morgan fingerprint density at radius 3 is 2.44 bits per heavy atom. The van der Waals surface area contributed by atoms with Crippen LogP contribution in [-0.2, 0) is 4.74 Å². The van der Waals surface area contributed by atoms with Crippen LogP contribution < -0.4 is 0 Å². The standard InChI is InChI=1S/C14H23NO/c1-5-11(2)12(3)14(15-4)16-13-9-7-6-8-10-13/h13H,2,4-10H2,1,3H3/b14-12-. The van der Waals surface area contributed by atoms with Crippen molar-refractivity contribution in [3.8, 4) is 0 Å². The molecule has 1 aliphatic carbocycles. The average Bonchev–Trinajstić information content (AvgIpc) is 2.35. The second kappa shape index (κ2) is 6.51. The Morgan fingerprint density at radius 2 is 1.94 bits per heavy atom. The summed E-state index contributed by atoms with van der Waals surface area (Å²) < 4.78 is 5.91. The molecule has 2 nitrogen and oxygen atoms in total. The molecular formula is C14H23NO. The first-order chi connectivity index (χ1) is 7.69. The van der Waals surface area contributed by atoms with Gasteiger partial charge in [0.25, 0.3) is 0 Å². The van der Waals surface area contributed by atoms with Crippen molar-refractivity contribution in [3.63, 3.8) is 0 Å². The second-order valence-corrected chi connectivity index (χ2v) is 4.42. The fraction of sp³-hybridized carbons (Fsp3) is 0.643. The van der Waals surface area contributed by atoms with Crippen LogP contribution in [0.5, 0.6) is 0 Å². The lowest BCUT2D eigenvalue weighted by Crippen LogP contribution is -2.16. The van der Waals surface area contributed by atoms with Crippen molar-refractivity contribution < 1.29 is 4.74 Å². The van der Waals surface area contributed by atoms with Gasteiger partial charge in [0.15, 0.2) is 0 Å². The molecule has 1 fully saturated rings. The molecule has 0 N–H and O–H groups in total. The van der Waals surface area contributed by atoms with Gasteiger partial charge < -0.3 is 4.74 Å². The van der Waals surface area contributed by atoms with Gasteiger partial charge in [0.05, 0.1) is 0 Å². The molecule has 90 valence electrons. The molecule has 0 saturated heterocycles. The summed E-state index contributed by atoms with van der Waals surface area (Å²) in [7, 11) is 0. The molecule has 0 aliphatic heterocycles. The number of rotatable bonds is 5. The highest BCUT2D eigenvalue weighted by Gasteiger charge is 2.16. The number of nitrogens with zero attached hydrogens (tertiary/aromatic N) is 1. The maximum absolute atomic E-state index is 5.91. The molecule has 0 amide bonds. The Morgan fingerprint density at radius 1 is 1.31 bits per heavy atom. The third-order valence-corrected chi connectivity index (χ3v) is 3.25. The van der Waals surface area contributed by atoms with E-state index in [-0.39, 0.29) is 0 Å². The SMILES string of the molecule is C=N/C(OC1CCCCC1)=C(\C)C(=C)CC. The summed E-state index contributed by atoms with van der Waals surface area (Å²) in [5, 5.41) is 0. The molecule has 1 rings (SSSR count). The normalized spacial score (nSPS) is 18.9. The van der Waals surface area contributed by atoms with Crippen LogP contribution in [0.2, 0.25) is 0 Å². The highest BCUT2D eigenvalue weighted by molar-refractivity contribution is 5.34. The van der Waals surface area contributed by atoms with Crippen LogP contribution >= 0.6 is 0 Å². The number of allylic oxidation sites excluding steroid dienone is 2. The summed E-state index contributed by atoms with van der Waals surface area (Å²) in [5.74, 6) is 0.679. The van der Waals surface area contributed by atoms with Crippen molar-refractivity contribution in [2.24, 2.45) is 4.99 Å². The van der Waals surface area contributed by atoms with Gasteiger partial charge in [-0.3, -0.25) is 0 Å². The van der Waals surface area contributed by atoms with Gasteiger partial charge in [-0.25, -0.2) is 4.99 Å². The van der Waals surface area contributed by atoms with E-state index >= 15 is 0 Å². The van der Waals surface area contributed by atoms with E-state index in [1.54, 1.807) is 0 Å². The Bertz CT molecular complexity index is 285. The zero-order chi connectivity index (χ0) is 12.0. The highest BCUT2D eigenvalue weighted by atomic mass is 16.5. The second-order valence-electron chi connectivity index (χ2n) is 4.42. The first kappa shape index (κ1) is 13.0. The van der Waals surface area contributed by atoms with Gasteiger partial charge >= 0.3 is 0 Å². The van der Waals surface area contributed by atoms with Crippen molar-refractivity contribution in [2.75, 3.05) is 0 Å². The molecule has 0 aromatic rings. The highest BCUT2D eigenvalue weighted by Crippen LogP contribution is 2.25. The molecule has 0 bridgehead atoms. The lowest BCUT2D eigenvalue weighted by Gasteiger charge is -2.24. The average molecular weight is 221 g/mol. The minimum atomic E-state index is 0.328. The van der Waals surface area contributed by atoms with Gasteiger partial charge in [0, 0.05) is 5.57 Å². The minimum absolute atomic E-state index is 0.328. The molecule has 0 heterocycles. The Kier molecular flexibility index (Phi) is 5.30. The molecule has 0 spiro atoms. The van der Waals surface area contributed by atoms with Crippen LogP contribution in [0.25, 0.3) is 0 Å². The van der Waals surface area contributed by atoms with Crippen LogP contribution in [0.4, 0.5) is 0 Å². The zero-order valence-electron chi connectivity index (χ0n) is 10.6. The molecule has 0 atom stereocenters. The monoisotopic (exact) mass is 221 g/mol. The summed E-state index contributed by atoms with van der Waals surface area (Å²) in [4.78, 5) is 4.00. The molecule has 0 aromatic carbocycles. The molecule has 2 heteroatoms. The summed E-state index contributed by atoms with van der Waals surface area (Å²) in [5.41, 5.74) is 2.13.